The van der Waals surface area contributed by atoms with E-state index in [-0.39, 0.29) is 0 Å². The van der Waals surface area contributed by atoms with Crippen LogP contribution in [0.2, 0.25) is 0 Å². The summed E-state index contributed by atoms with van der Waals surface area (Å²) in [6.07, 6.45) is 7.25. The van der Waals surface area contributed by atoms with E-state index in [0.29, 0.717) is 13.1 Å². The number of aryl methyl sites for hydroxylation is 10. The highest BCUT2D eigenvalue weighted by molar-refractivity contribution is 5.89. The quantitative estimate of drug-likeness (QED) is 0.124. The maximum absolute atomic E-state index is 13.3. The number of ether oxygens (including phenoxy) is 1. The van der Waals surface area contributed by atoms with E-state index in [9.17, 15) is 18.3 Å². The van der Waals surface area contributed by atoms with Gasteiger partial charge in [-0.05, 0) is 264 Å². The van der Waals surface area contributed by atoms with Crippen LogP contribution in [0.15, 0.2) is 182 Å². The minimum absolute atomic E-state index is 0.483. The minimum Gasteiger partial charge on any atom is -0.497 e. The predicted octanol–water partition coefficient (Wildman–Crippen LogP) is 18.8. The molecule has 0 fully saturated rings. The van der Waals surface area contributed by atoms with Gasteiger partial charge < -0.3 is 47.7 Å². The fourth-order valence-electron chi connectivity index (χ4n) is 16.6. The number of hydrogen-bond donors (Lipinski definition) is 1. The molecule has 0 radical (unpaired) electrons. The number of hydrogen-bond acceptors (Lipinski definition) is 6. The van der Waals surface area contributed by atoms with Gasteiger partial charge in [-0.15, -0.1) is 0 Å². The molecule has 1 unspecified atom stereocenters. The molecule has 16 rings (SSSR count). The molecule has 8 heterocycles. The fraction of sp³-hybridized carbons (Fsp3) is 0.378. The van der Waals surface area contributed by atoms with Crippen molar-refractivity contribution in [2.45, 2.75) is 163 Å². The average Bonchev–Trinajstić information content (AvgIpc) is 1.83. The first-order valence-electron chi connectivity index (χ1n) is 37.6. The Labute approximate surface area is 608 Å². The third-order valence-corrected chi connectivity index (χ3v) is 22.0. The second kappa shape index (κ2) is 32.5. The zero-order valence-electron chi connectivity index (χ0n) is 62.2. The first kappa shape index (κ1) is 72.7. The largest absolute Gasteiger partial charge is 0.497 e. The molecule has 0 amide bonds. The molecule has 13 heteroatoms. The summed E-state index contributed by atoms with van der Waals surface area (Å²) in [5.41, 5.74) is 26.1. The molecule has 4 aliphatic rings. The van der Waals surface area contributed by atoms with Gasteiger partial charge in [-0.25, -0.2) is 0 Å². The Morgan fingerprint density at radius 3 is 1.11 bits per heavy atom. The standard InChI is InChI=1S/C23H28N2O.C23H28N2.C22H23F3N2.C22H26N2O/c1-17-6-11-23-20(15-17)21-16-24(2)13-4-5-22(21)25(23)14-12-18-7-9-19(26-3)10-8-18;1-17-6-9-19(10-7-17)12-14-25-22-5-4-13-24(3)16-21(22)20-15-18(2)8-11-23(20)25;1-26-12-5-8-20-19(15-26)18-14-17(22(23,24)25)9-10-21(18)27(20)13-11-16-6-3-2-4-7-16;1-16-10-11-21-18(13-16)19-14-23(2)12-6-9-20(19)24(21)15-22(25)17-7-4-3-5-8-17/h6-11,15H,4-5,12-14,16H2,1-3H3;6-11,15H,4-5,12-14,16H2,1-3H3;2-4,6-7,9-10,14H,5,8,11-13,15H2,1H3;3-5,7-8,10-11,13,22,25H,6,9,12,14-15H2,1-2H3. The van der Waals surface area contributed by atoms with Gasteiger partial charge in [-0.1, -0.05) is 138 Å². The molecule has 1 atom stereocenters. The van der Waals surface area contributed by atoms with Gasteiger partial charge in [0.2, 0.25) is 0 Å². The summed E-state index contributed by atoms with van der Waals surface area (Å²) in [5, 5.41) is 15.8. The molecule has 1 N–H and O–H groups in total. The molecule has 12 aromatic rings. The number of halogens is 3. The Kier molecular flexibility index (Phi) is 23.0. The number of aliphatic hydroxyl groups is 1. The number of nitrogens with zero attached hydrogens (tertiary/aromatic N) is 8. The lowest BCUT2D eigenvalue weighted by Gasteiger charge is -2.16. The summed E-state index contributed by atoms with van der Waals surface area (Å²) in [5.74, 6) is 0.924. The van der Waals surface area contributed by atoms with Gasteiger partial charge in [0.15, 0.2) is 0 Å². The monoisotopic (exact) mass is 1390 g/mol. The molecule has 0 saturated carbocycles. The number of benzene rings is 8. The molecule has 0 bridgehead atoms. The lowest BCUT2D eigenvalue weighted by atomic mass is 10.1. The second-order valence-corrected chi connectivity index (χ2v) is 29.9. The van der Waals surface area contributed by atoms with Gasteiger partial charge in [-0.2, -0.15) is 13.2 Å². The highest BCUT2D eigenvalue weighted by atomic mass is 19.4. The van der Waals surface area contributed by atoms with Gasteiger partial charge in [0.1, 0.15) is 5.75 Å². The number of methoxy groups -OCH3 is 1. The van der Waals surface area contributed by atoms with Crippen LogP contribution in [0.3, 0.4) is 0 Å². The highest BCUT2D eigenvalue weighted by Gasteiger charge is 2.33. The first-order valence-corrected chi connectivity index (χ1v) is 37.6. The van der Waals surface area contributed by atoms with Crippen molar-refractivity contribution in [2.75, 3.05) is 61.5 Å². The smallest absolute Gasteiger partial charge is 0.416 e. The summed E-state index contributed by atoms with van der Waals surface area (Å²) in [6, 6.07) is 62.5. The minimum atomic E-state index is -4.32. The zero-order chi connectivity index (χ0) is 71.9. The number of fused-ring (bicyclic) bond motifs is 12. The van der Waals surface area contributed by atoms with E-state index >= 15 is 0 Å². The summed E-state index contributed by atoms with van der Waals surface area (Å²) < 4.78 is 54.9. The third-order valence-electron chi connectivity index (χ3n) is 22.0. The van der Waals surface area contributed by atoms with Crippen LogP contribution >= 0.6 is 0 Å². The van der Waals surface area contributed by atoms with E-state index < -0.39 is 17.8 Å². The maximum Gasteiger partial charge on any atom is 0.416 e. The molecular formula is C90H105F3N8O2. The molecule has 538 valence electrons. The first-order chi connectivity index (χ1) is 49.8. The van der Waals surface area contributed by atoms with Gasteiger partial charge >= 0.3 is 6.18 Å². The Hall–Kier alpha value is -8.69. The van der Waals surface area contributed by atoms with Crippen LogP contribution in [0.4, 0.5) is 13.2 Å². The number of alkyl halides is 3. The van der Waals surface area contributed by atoms with Gasteiger partial charge in [0.25, 0.3) is 0 Å². The molecule has 103 heavy (non-hydrogen) atoms. The van der Waals surface area contributed by atoms with Crippen LogP contribution < -0.4 is 4.74 Å². The molecule has 8 aromatic carbocycles. The summed E-state index contributed by atoms with van der Waals surface area (Å²) in [6.45, 7) is 20.5. The fourth-order valence-corrected chi connectivity index (χ4v) is 16.6. The number of aromatic nitrogens is 4. The molecule has 0 spiro atoms. The highest BCUT2D eigenvalue weighted by Crippen LogP contribution is 2.39. The number of aliphatic hydroxyl groups excluding tert-OH is 1. The van der Waals surface area contributed by atoms with Gasteiger partial charge in [0.05, 0.1) is 25.3 Å². The van der Waals surface area contributed by atoms with Crippen LogP contribution in [0, 0.1) is 27.7 Å². The summed E-state index contributed by atoms with van der Waals surface area (Å²) >= 11 is 0. The normalized spacial score (nSPS) is 15.7. The van der Waals surface area contributed by atoms with Crippen LogP contribution in [0.1, 0.15) is 127 Å². The van der Waals surface area contributed by atoms with Crippen LogP contribution in [0.5, 0.6) is 5.75 Å². The Bertz CT molecular complexity index is 4850. The third kappa shape index (κ3) is 16.9. The van der Waals surface area contributed by atoms with Crippen molar-refractivity contribution in [3.63, 3.8) is 0 Å². The lowest BCUT2D eigenvalue weighted by Crippen LogP contribution is -2.17. The summed E-state index contributed by atoms with van der Waals surface area (Å²) in [4.78, 5) is 9.54. The average molecular weight is 1390 g/mol. The van der Waals surface area contributed by atoms with Gasteiger partial charge in [-0.3, -0.25) is 0 Å². The van der Waals surface area contributed by atoms with Crippen molar-refractivity contribution in [1.29, 1.82) is 0 Å². The Morgan fingerprint density at radius 1 is 0.388 bits per heavy atom. The van der Waals surface area contributed by atoms with Crippen LogP contribution in [-0.2, 0) is 103 Å². The molecule has 4 aliphatic heterocycles. The van der Waals surface area contributed by atoms with E-state index in [1.807, 2.05) is 55.6 Å². The summed E-state index contributed by atoms with van der Waals surface area (Å²) in [7, 11) is 10.4. The van der Waals surface area contributed by atoms with Crippen molar-refractivity contribution >= 4 is 43.6 Å². The molecule has 10 nitrogen and oxygen atoms in total. The number of rotatable bonds is 13. The van der Waals surface area contributed by atoms with Crippen LogP contribution in [-0.4, -0.2) is 104 Å². The molecule has 4 aromatic heterocycles. The predicted molar refractivity (Wildman–Crippen MR) is 419 cm³/mol. The zero-order valence-corrected chi connectivity index (χ0v) is 62.2. The Balaban J connectivity index is 0.000000122. The lowest BCUT2D eigenvalue weighted by molar-refractivity contribution is -0.137. The van der Waals surface area contributed by atoms with Crippen molar-refractivity contribution in [2.24, 2.45) is 0 Å². The van der Waals surface area contributed by atoms with E-state index in [2.05, 4.69) is 202 Å². The van der Waals surface area contributed by atoms with E-state index in [1.165, 1.54) is 146 Å². The van der Waals surface area contributed by atoms with Crippen molar-refractivity contribution in [3.05, 3.63) is 277 Å². The van der Waals surface area contributed by atoms with Crippen molar-refractivity contribution < 1.29 is 23.0 Å². The second-order valence-electron chi connectivity index (χ2n) is 29.9. The molecular weight excluding hydrogens is 1280 g/mol. The topological polar surface area (TPSA) is 62.1 Å². The van der Waals surface area contributed by atoms with Crippen molar-refractivity contribution in [1.82, 2.24) is 37.9 Å². The van der Waals surface area contributed by atoms with E-state index in [0.717, 1.165) is 119 Å². The van der Waals surface area contributed by atoms with E-state index in [4.69, 9.17) is 4.74 Å². The molecule has 0 aliphatic carbocycles. The van der Waals surface area contributed by atoms with Crippen LogP contribution in [0.25, 0.3) is 43.6 Å². The SMILES string of the molecule is CN1CCCc2c(c3cc(C(F)(F)F)ccc3n2CCc2ccccc2)C1.COc1ccc(CCn2c3c(c4cc(C)ccc42)CN(C)CCC3)cc1.Cc1ccc(CCn2c3c(c4cc(C)ccc42)CN(C)CCC3)cc1.Cc1ccc2c(c1)c1c(n2CC(O)c2ccccc2)CCCN(C)C1. The molecule has 0 saturated heterocycles. The van der Waals surface area contributed by atoms with Gasteiger partial charge in [0, 0.05) is 112 Å². The van der Waals surface area contributed by atoms with E-state index in [1.54, 1.807) is 35.7 Å². The van der Waals surface area contributed by atoms with Crippen molar-refractivity contribution in [3.8, 4) is 5.75 Å². The Morgan fingerprint density at radius 2 is 0.718 bits per heavy atom. The maximum atomic E-state index is 13.3.